The Labute approximate surface area is 92.5 Å². The quantitative estimate of drug-likeness (QED) is 0.673. The molecule has 4 heteroatoms. The SMILES string of the molecule is COCC(N)CNCC1(C)CCOCC1. The lowest BCUT2D eigenvalue weighted by atomic mass is 9.82. The van der Waals surface area contributed by atoms with E-state index in [0.717, 1.165) is 39.1 Å². The van der Waals surface area contributed by atoms with Gasteiger partial charge in [-0.1, -0.05) is 6.92 Å². The normalized spacial score (nSPS) is 22.6. The van der Waals surface area contributed by atoms with Gasteiger partial charge in [0.1, 0.15) is 0 Å². The lowest BCUT2D eigenvalue weighted by Gasteiger charge is -2.34. The number of hydrogen-bond donors (Lipinski definition) is 2. The summed E-state index contributed by atoms with van der Waals surface area (Å²) in [6.07, 6.45) is 2.28. The number of hydrogen-bond acceptors (Lipinski definition) is 4. The van der Waals surface area contributed by atoms with Crippen molar-refractivity contribution in [1.82, 2.24) is 5.32 Å². The van der Waals surface area contributed by atoms with Gasteiger partial charge >= 0.3 is 0 Å². The molecule has 1 aliphatic rings. The zero-order valence-corrected chi connectivity index (χ0v) is 9.92. The average molecular weight is 216 g/mol. The van der Waals surface area contributed by atoms with Crippen LogP contribution in [-0.4, -0.2) is 46.1 Å². The molecule has 0 aromatic heterocycles. The van der Waals surface area contributed by atoms with Gasteiger partial charge < -0.3 is 20.5 Å². The lowest BCUT2D eigenvalue weighted by molar-refractivity contribution is 0.0238. The van der Waals surface area contributed by atoms with Gasteiger partial charge in [0, 0.05) is 39.5 Å². The van der Waals surface area contributed by atoms with Gasteiger partial charge in [0.15, 0.2) is 0 Å². The van der Waals surface area contributed by atoms with Crippen molar-refractivity contribution in [3.05, 3.63) is 0 Å². The van der Waals surface area contributed by atoms with E-state index in [2.05, 4.69) is 12.2 Å². The smallest absolute Gasteiger partial charge is 0.0626 e. The number of nitrogens with one attached hydrogen (secondary N) is 1. The van der Waals surface area contributed by atoms with Crippen molar-refractivity contribution in [3.63, 3.8) is 0 Å². The second-order valence-electron chi connectivity index (χ2n) is 4.77. The maximum Gasteiger partial charge on any atom is 0.0626 e. The maximum atomic E-state index is 5.83. The van der Waals surface area contributed by atoms with E-state index in [1.54, 1.807) is 7.11 Å². The van der Waals surface area contributed by atoms with Gasteiger partial charge in [0.05, 0.1) is 6.61 Å². The highest BCUT2D eigenvalue weighted by atomic mass is 16.5. The van der Waals surface area contributed by atoms with Crippen LogP contribution in [0.5, 0.6) is 0 Å². The van der Waals surface area contributed by atoms with Crippen molar-refractivity contribution in [2.45, 2.75) is 25.8 Å². The molecule has 1 atom stereocenters. The summed E-state index contributed by atoms with van der Waals surface area (Å²) < 4.78 is 10.3. The zero-order valence-electron chi connectivity index (χ0n) is 9.92. The van der Waals surface area contributed by atoms with E-state index in [4.69, 9.17) is 15.2 Å². The summed E-state index contributed by atoms with van der Waals surface area (Å²) >= 11 is 0. The molecule has 15 heavy (non-hydrogen) atoms. The van der Waals surface area contributed by atoms with Crippen LogP contribution in [0.15, 0.2) is 0 Å². The summed E-state index contributed by atoms with van der Waals surface area (Å²) in [7, 11) is 1.68. The molecule has 1 saturated heterocycles. The van der Waals surface area contributed by atoms with E-state index in [1.807, 2.05) is 0 Å². The molecule has 0 aromatic rings. The number of nitrogens with two attached hydrogens (primary N) is 1. The standard InChI is InChI=1S/C11H24N2O2/c1-11(3-5-15-6-4-11)9-13-7-10(12)8-14-2/h10,13H,3-9,12H2,1-2H3. The third-order valence-corrected chi connectivity index (χ3v) is 3.04. The molecule has 1 unspecified atom stereocenters. The zero-order chi connectivity index (χ0) is 11.1. The largest absolute Gasteiger partial charge is 0.383 e. The molecule has 90 valence electrons. The molecule has 1 rings (SSSR count). The fourth-order valence-electron chi connectivity index (χ4n) is 1.87. The Kier molecular flexibility index (Phi) is 5.53. The fraction of sp³-hybridized carbons (Fsp3) is 1.00. The van der Waals surface area contributed by atoms with E-state index in [1.165, 1.54) is 0 Å². The van der Waals surface area contributed by atoms with E-state index >= 15 is 0 Å². The number of methoxy groups -OCH3 is 1. The molecule has 0 aromatic carbocycles. The molecule has 0 radical (unpaired) electrons. The van der Waals surface area contributed by atoms with Crippen LogP contribution in [0.2, 0.25) is 0 Å². The van der Waals surface area contributed by atoms with E-state index < -0.39 is 0 Å². The van der Waals surface area contributed by atoms with Crippen molar-refractivity contribution < 1.29 is 9.47 Å². The maximum absolute atomic E-state index is 5.83. The monoisotopic (exact) mass is 216 g/mol. The summed E-state index contributed by atoms with van der Waals surface area (Å²) in [6.45, 7) is 6.56. The molecule has 4 nitrogen and oxygen atoms in total. The second kappa shape index (κ2) is 6.43. The van der Waals surface area contributed by atoms with Gasteiger partial charge in [-0.15, -0.1) is 0 Å². The highest BCUT2D eigenvalue weighted by Gasteiger charge is 2.26. The first-order chi connectivity index (χ1) is 7.16. The first kappa shape index (κ1) is 12.9. The first-order valence-corrected chi connectivity index (χ1v) is 5.69. The molecule has 3 N–H and O–H groups in total. The number of rotatable bonds is 6. The minimum absolute atomic E-state index is 0.0958. The van der Waals surface area contributed by atoms with E-state index in [0.29, 0.717) is 12.0 Å². The Morgan fingerprint density at radius 2 is 2.13 bits per heavy atom. The van der Waals surface area contributed by atoms with Gasteiger partial charge in [0.2, 0.25) is 0 Å². The molecular weight excluding hydrogens is 192 g/mol. The summed E-state index contributed by atoms with van der Waals surface area (Å²) in [6, 6.07) is 0.0958. The fourth-order valence-corrected chi connectivity index (χ4v) is 1.87. The number of ether oxygens (including phenoxy) is 2. The van der Waals surface area contributed by atoms with Crippen LogP contribution in [-0.2, 0) is 9.47 Å². The summed E-state index contributed by atoms with van der Waals surface area (Å²) in [5.74, 6) is 0. The van der Waals surface area contributed by atoms with Crippen molar-refractivity contribution >= 4 is 0 Å². The lowest BCUT2D eigenvalue weighted by Crippen LogP contribution is -2.43. The van der Waals surface area contributed by atoms with Crippen LogP contribution in [0.3, 0.4) is 0 Å². The van der Waals surface area contributed by atoms with Gasteiger partial charge in [-0.2, -0.15) is 0 Å². The third-order valence-electron chi connectivity index (χ3n) is 3.04. The second-order valence-corrected chi connectivity index (χ2v) is 4.77. The predicted molar refractivity (Wildman–Crippen MR) is 60.9 cm³/mol. The van der Waals surface area contributed by atoms with Gasteiger partial charge in [-0.25, -0.2) is 0 Å². The van der Waals surface area contributed by atoms with Crippen LogP contribution in [0, 0.1) is 5.41 Å². The molecule has 0 saturated carbocycles. The summed E-state index contributed by atoms with van der Waals surface area (Å²) in [5.41, 5.74) is 6.21. The van der Waals surface area contributed by atoms with Crippen molar-refractivity contribution in [2.75, 3.05) is 40.0 Å². The molecule has 1 aliphatic heterocycles. The minimum Gasteiger partial charge on any atom is -0.383 e. The molecule has 0 aliphatic carbocycles. The highest BCUT2D eigenvalue weighted by molar-refractivity contribution is 4.80. The van der Waals surface area contributed by atoms with Crippen LogP contribution in [0.25, 0.3) is 0 Å². The van der Waals surface area contributed by atoms with Crippen LogP contribution >= 0.6 is 0 Å². The van der Waals surface area contributed by atoms with E-state index in [-0.39, 0.29) is 6.04 Å². The third kappa shape index (κ3) is 4.93. The van der Waals surface area contributed by atoms with Gasteiger partial charge in [-0.05, 0) is 18.3 Å². The molecule has 0 spiro atoms. The van der Waals surface area contributed by atoms with E-state index in [9.17, 15) is 0 Å². The molecule has 1 fully saturated rings. The predicted octanol–water partition coefficient (Wildman–Crippen LogP) is 0.366. The minimum atomic E-state index is 0.0958. The molecular formula is C11H24N2O2. The Morgan fingerprint density at radius 1 is 1.47 bits per heavy atom. The summed E-state index contributed by atoms with van der Waals surface area (Å²) in [5, 5.41) is 3.42. The average Bonchev–Trinajstić information content (AvgIpc) is 2.19. The topological polar surface area (TPSA) is 56.5 Å². The Hall–Kier alpha value is -0.160. The van der Waals surface area contributed by atoms with Crippen molar-refractivity contribution in [3.8, 4) is 0 Å². The van der Waals surface area contributed by atoms with Crippen LogP contribution < -0.4 is 11.1 Å². The molecule has 0 bridgehead atoms. The van der Waals surface area contributed by atoms with Crippen LogP contribution in [0.4, 0.5) is 0 Å². The molecule has 0 amide bonds. The summed E-state index contributed by atoms with van der Waals surface area (Å²) in [4.78, 5) is 0. The Balaban J connectivity index is 2.12. The van der Waals surface area contributed by atoms with Crippen LogP contribution in [0.1, 0.15) is 19.8 Å². The first-order valence-electron chi connectivity index (χ1n) is 5.69. The van der Waals surface area contributed by atoms with Crippen molar-refractivity contribution in [1.29, 1.82) is 0 Å². The van der Waals surface area contributed by atoms with Gasteiger partial charge in [0.25, 0.3) is 0 Å². The van der Waals surface area contributed by atoms with Crippen molar-refractivity contribution in [2.24, 2.45) is 11.1 Å². The molecule has 1 heterocycles. The van der Waals surface area contributed by atoms with Gasteiger partial charge in [-0.3, -0.25) is 0 Å². The highest BCUT2D eigenvalue weighted by Crippen LogP contribution is 2.28. The Bertz CT molecular complexity index is 170. The Morgan fingerprint density at radius 3 is 2.73 bits per heavy atom.